The molecular weight excluding hydrogens is 456 g/mol. The number of hydrogen-bond acceptors (Lipinski definition) is 10. The van der Waals surface area contributed by atoms with E-state index in [1.54, 1.807) is 0 Å². The number of amides is 1. The summed E-state index contributed by atoms with van der Waals surface area (Å²) in [6.45, 7) is 5.63. The highest BCUT2D eigenvalue weighted by Gasteiger charge is 2.14. The minimum Gasteiger partial charge on any atom is -0.494 e. The third-order valence-corrected chi connectivity index (χ3v) is 6.02. The Hall–Kier alpha value is -3.09. The van der Waals surface area contributed by atoms with E-state index in [1.165, 1.54) is 24.2 Å². The number of nitrogens with one attached hydrogen (secondary N) is 3. The molecule has 0 bridgehead atoms. The zero-order valence-corrected chi connectivity index (χ0v) is 20.1. The molecule has 1 aromatic carbocycles. The molecule has 0 aliphatic carbocycles. The lowest BCUT2D eigenvalue weighted by molar-refractivity contribution is -0.115. The monoisotopic (exact) mass is 488 g/mol. The molecule has 0 saturated carbocycles. The Morgan fingerprint density at radius 2 is 2.21 bits per heavy atom. The van der Waals surface area contributed by atoms with Crippen LogP contribution in [0.4, 0.5) is 5.13 Å². The Morgan fingerprint density at radius 1 is 1.35 bits per heavy atom. The van der Waals surface area contributed by atoms with Crippen molar-refractivity contribution < 1.29 is 14.5 Å². The molecule has 0 unspecified atom stereocenters. The molecule has 11 nitrogen and oxygen atoms in total. The summed E-state index contributed by atoms with van der Waals surface area (Å²) in [4.78, 5) is 17.2. The van der Waals surface area contributed by atoms with E-state index < -0.39 is 0 Å². The fraction of sp³-hybridized carbons (Fsp3) is 0.500. The van der Waals surface area contributed by atoms with Crippen LogP contribution in [0.15, 0.2) is 34.6 Å². The fourth-order valence-electron chi connectivity index (χ4n) is 3.43. The van der Waals surface area contributed by atoms with Crippen molar-refractivity contribution in [2.75, 3.05) is 31.6 Å². The summed E-state index contributed by atoms with van der Waals surface area (Å²) >= 11 is 1.21. The van der Waals surface area contributed by atoms with Crippen LogP contribution in [0, 0.1) is 0 Å². The van der Waals surface area contributed by atoms with Crippen molar-refractivity contribution in [3.63, 3.8) is 0 Å². The minimum atomic E-state index is -0.190. The van der Waals surface area contributed by atoms with E-state index in [4.69, 9.17) is 15.4 Å². The van der Waals surface area contributed by atoms with Gasteiger partial charge in [-0.1, -0.05) is 35.5 Å². The molecule has 3 rings (SSSR count). The summed E-state index contributed by atoms with van der Waals surface area (Å²) in [5.74, 6) is 0.569. The summed E-state index contributed by atoms with van der Waals surface area (Å²) in [5, 5.41) is 25.9. The molecule has 12 heteroatoms. The fourth-order valence-corrected chi connectivity index (χ4v) is 4.24. The summed E-state index contributed by atoms with van der Waals surface area (Å²) in [5.41, 5.74) is 6.53. The zero-order valence-electron chi connectivity index (χ0n) is 19.3. The molecule has 2 aromatic rings. The molecular formula is C22H32N8O3S. The van der Waals surface area contributed by atoms with Crippen molar-refractivity contribution in [3.05, 3.63) is 34.8 Å². The van der Waals surface area contributed by atoms with Gasteiger partial charge in [-0.05, 0) is 68.2 Å². The first-order valence-electron chi connectivity index (χ1n) is 11.4. The number of oxime groups is 2. The maximum Gasteiger partial charge on any atom is 0.230 e. The number of hydrogen-bond donors (Lipinski definition) is 4. The number of aromatic nitrogens is 2. The Labute approximate surface area is 203 Å². The van der Waals surface area contributed by atoms with Gasteiger partial charge in [0, 0.05) is 6.04 Å². The highest BCUT2D eigenvalue weighted by molar-refractivity contribution is 7.17. The standard InChI is InChI=1S/C22H32N8O3S/c1-2-19(30-33-26-15-23)21-28-29-22(34-21)27-20(31)14-16-5-3-6-18(13-16)32-12-4-9-25-17-7-10-24-11-8-17/h3,5-6,13,15,17,24-25H,2,4,7-12,14H2,1H3,(H2,23,26)(H,27,29,31)/b30-19+. The SMILES string of the molecule is CC/C(=N\O/N=C/N)c1nnc(NC(=O)Cc2cccc(OCCCNC3CCNCC3)c2)s1. The van der Waals surface area contributed by atoms with E-state index in [1.807, 2.05) is 31.2 Å². The van der Waals surface area contributed by atoms with E-state index in [0.717, 1.165) is 43.7 Å². The van der Waals surface area contributed by atoms with Gasteiger partial charge in [0.2, 0.25) is 11.0 Å². The number of nitrogens with zero attached hydrogens (tertiary/aromatic N) is 4. The van der Waals surface area contributed by atoms with E-state index >= 15 is 0 Å². The number of rotatable bonds is 13. The van der Waals surface area contributed by atoms with Gasteiger partial charge < -0.3 is 26.4 Å². The summed E-state index contributed by atoms with van der Waals surface area (Å²) < 4.78 is 5.87. The van der Waals surface area contributed by atoms with Crippen LogP contribution >= 0.6 is 11.3 Å². The molecule has 1 saturated heterocycles. The molecule has 5 N–H and O–H groups in total. The lowest BCUT2D eigenvalue weighted by Gasteiger charge is -2.23. The first-order valence-corrected chi connectivity index (χ1v) is 12.3. The minimum absolute atomic E-state index is 0.190. The first-order chi connectivity index (χ1) is 16.7. The molecule has 1 fully saturated rings. The molecule has 0 spiro atoms. The van der Waals surface area contributed by atoms with Crippen LogP contribution in [0.3, 0.4) is 0 Å². The lowest BCUT2D eigenvalue weighted by atomic mass is 10.1. The topological polar surface area (TPSA) is 148 Å². The molecule has 1 amide bonds. The van der Waals surface area contributed by atoms with E-state index in [9.17, 15) is 4.79 Å². The van der Waals surface area contributed by atoms with Crippen LogP contribution in [-0.4, -0.2) is 60.4 Å². The molecule has 1 aromatic heterocycles. The van der Waals surface area contributed by atoms with Gasteiger partial charge >= 0.3 is 0 Å². The van der Waals surface area contributed by atoms with Gasteiger partial charge in [-0.2, -0.15) is 0 Å². The lowest BCUT2D eigenvalue weighted by Crippen LogP contribution is -2.40. The molecule has 2 heterocycles. The second-order valence-corrected chi connectivity index (χ2v) is 8.67. The number of ether oxygens (including phenoxy) is 1. The Kier molecular flexibility index (Phi) is 10.7. The first kappa shape index (κ1) is 25.5. The number of nitrogens with two attached hydrogens (primary N) is 1. The smallest absolute Gasteiger partial charge is 0.230 e. The number of piperidine rings is 1. The zero-order chi connectivity index (χ0) is 24.0. The summed E-state index contributed by atoms with van der Waals surface area (Å²) in [6.07, 6.45) is 5.04. The largest absolute Gasteiger partial charge is 0.494 e. The van der Waals surface area contributed by atoms with Crippen molar-refractivity contribution in [2.45, 2.75) is 45.1 Å². The summed E-state index contributed by atoms with van der Waals surface area (Å²) in [7, 11) is 0. The second kappa shape index (κ2) is 14.2. The molecule has 1 aliphatic rings. The number of carbonyl (C=O) groups is 1. The molecule has 184 valence electrons. The average molecular weight is 489 g/mol. The Balaban J connectivity index is 1.42. The van der Waals surface area contributed by atoms with Crippen molar-refractivity contribution in [1.29, 1.82) is 0 Å². The van der Waals surface area contributed by atoms with Crippen molar-refractivity contribution in [2.24, 2.45) is 16.0 Å². The molecule has 34 heavy (non-hydrogen) atoms. The third-order valence-electron chi connectivity index (χ3n) is 5.14. The van der Waals surface area contributed by atoms with Gasteiger partial charge in [0.1, 0.15) is 17.8 Å². The molecule has 0 radical (unpaired) electrons. The second-order valence-electron chi connectivity index (χ2n) is 7.69. The van der Waals surface area contributed by atoms with Crippen molar-refractivity contribution >= 4 is 34.4 Å². The van der Waals surface area contributed by atoms with Gasteiger partial charge in [-0.3, -0.25) is 4.79 Å². The van der Waals surface area contributed by atoms with Crippen LogP contribution in [0.25, 0.3) is 0 Å². The van der Waals surface area contributed by atoms with Crippen LogP contribution in [-0.2, 0) is 16.2 Å². The molecule has 1 aliphatic heterocycles. The number of benzene rings is 1. The third kappa shape index (κ3) is 8.69. The number of carbonyl (C=O) groups excluding carboxylic acids is 1. The average Bonchev–Trinajstić information content (AvgIpc) is 3.30. The van der Waals surface area contributed by atoms with Gasteiger partial charge in [-0.15, -0.1) is 10.2 Å². The maximum absolute atomic E-state index is 12.5. The van der Waals surface area contributed by atoms with Gasteiger partial charge in [0.05, 0.1) is 13.0 Å². The normalized spacial score (nSPS) is 14.9. The van der Waals surface area contributed by atoms with Crippen molar-refractivity contribution in [3.8, 4) is 5.75 Å². The predicted octanol–water partition coefficient (Wildman–Crippen LogP) is 1.86. The predicted molar refractivity (Wildman–Crippen MR) is 133 cm³/mol. The molecule has 0 atom stereocenters. The maximum atomic E-state index is 12.5. The Bertz CT molecular complexity index is 959. The van der Waals surface area contributed by atoms with Crippen LogP contribution in [0.2, 0.25) is 0 Å². The van der Waals surface area contributed by atoms with E-state index in [2.05, 4.69) is 36.5 Å². The van der Waals surface area contributed by atoms with Gasteiger partial charge in [0.15, 0.2) is 5.01 Å². The highest BCUT2D eigenvalue weighted by atomic mass is 32.1. The van der Waals surface area contributed by atoms with E-state index in [0.29, 0.717) is 34.9 Å². The quantitative estimate of drug-likeness (QED) is 0.145. The van der Waals surface area contributed by atoms with Gasteiger partial charge in [-0.25, -0.2) is 4.94 Å². The van der Waals surface area contributed by atoms with Crippen LogP contribution in [0.5, 0.6) is 5.75 Å². The number of anilines is 1. The van der Waals surface area contributed by atoms with Gasteiger partial charge in [0.25, 0.3) is 0 Å². The van der Waals surface area contributed by atoms with E-state index in [-0.39, 0.29) is 12.3 Å². The highest BCUT2D eigenvalue weighted by Crippen LogP contribution is 2.19. The summed E-state index contributed by atoms with van der Waals surface area (Å²) in [6, 6.07) is 8.19. The van der Waals surface area contributed by atoms with Crippen LogP contribution < -0.4 is 26.4 Å². The van der Waals surface area contributed by atoms with Crippen LogP contribution in [0.1, 0.15) is 43.2 Å². The Morgan fingerprint density at radius 3 is 3.00 bits per heavy atom. The van der Waals surface area contributed by atoms with Crippen molar-refractivity contribution in [1.82, 2.24) is 20.8 Å².